The molecule has 7 nitrogen and oxygen atoms in total. The maximum atomic E-state index is 14.0. The SMILES string of the molecule is CC[C@H](C)NC(=O)[C@H](C)N(Cc1ccccc1Cl)C(=O)CN(c1ccc(C)cc1C)S(=O)(=O)c1ccccc1. The highest BCUT2D eigenvalue weighted by molar-refractivity contribution is 7.92. The summed E-state index contributed by atoms with van der Waals surface area (Å²) in [5.41, 5.74) is 2.73. The molecule has 0 fully saturated rings. The topological polar surface area (TPSA) is 86.8 Å². The zero-order valence-corrected chi connectivity index (χ0v) is 24.6. The van der Waals surface area contributed by atoms with Crippen LogP contribution in [-0.4, -0.2) is 43.8 Å². The molecule has 2 atom stereocenters. The summed E-state index contributed by atoms with van der Waals surface area (Å²) in [6.07, 6.45) is 0.729. The van der Waals surface area contributed by atoms with Crippen LogP contribution >= 0.6 is 11.6 Å². The maximum Gasteiger partial charge on any atom is 0.264 e. The number of halogens is 1. The van der Waals surface area contributed by atoms with Crippen LogP contribution in [0.5, 0.6) is 0 Å². The Balaban J connectivity index is 2.06. The van der Waals surface area contributed by atoms with Gasteiger partial charge < -0.3 is 10.2 Å². The minimum atomic E-state index is -4.11. The lowest BCUT2D eigenvalue weighted by molar-refractivity contribution is -0.139. The molecule has 0 aromatic heterocycles. The quantitative estimate of drug-likeness (QED) is 0.331. The van der Waals surface area contributed by atoms with Crippen LogP contribution in [0.3, 0.4) is 0 Å². The van der Waals surface area contributed by atoms with Crippen LogP contribution < -0.4 is 9.62 Å². The van der Waals surface area contributed by atoms with Crippen molar-refractivity contribution in [2.45, 2.75) is 64.6 Å². The van der Waals surface area contributed by atoms with Crippen LogP contribution in [0.15, 0.2) is 77.7 Å². The van der Waals surface area contributed by atoms with Gasteiger partial charge in [0.15, 0.2) is 0 Å². The smallest absolute Gasteiger partial charge is 0.264 e. The summed E-state index contributed by atoms with van der Waals surface area (Å²) >= 11 is 6.41. The second kappa shape index (κ2) is 13.1. The van der Waals surface area contributed by atoms with E-state index < -0.39 is 28.5 Å². The molecule has 2 amide bonds. The Bertz CT molecular complexity index is 1410. The number of nitrogens with zero attached hydrogens (tertiary/aromatic N) is 2. The van der Waals surface area contributed by atoms with Gasteiger partial charge in [0.1, 0.15) is 12.6 Å². The molecular weight excluding hydrogens is 534 g/mol. The number of hydrogen-bond donors (Lipinski definition) is 1. The molecular formula is C30H36ClN3O4S. The molecule has 3 rings (SSSR count). The summed E-state index contributed by atoms with van der Waals surface area (Å²) in [4.78, 5) is 28.6. The molecule has 1 N–H and O–H groups in total. The van der Waals surface area contributed by atoms with Gasteiger partial charge in [-0.3, -0.25) is 13.9 Å². The third-order valence-corrected chi connectivity index (χ3v) is 8.84. The Morgan fingerprint density at radius 1 is 0.949 bits per heavy atom. The zero-order chi connectivity index (χ0) is 28.7. The van der Waals surface area contributed by atoms with E-state index in [0.29, 0.717) is 21.8 Å². The first-order valence-electron chi connectivity index (χ1n) is 12.9. The summed E-state index contributed by atoms with van der Waals surface area (Å²) in [5.74, 6) is -0.852. The Morgan fingerprint density at radius 3 is 2.21 bits per heavy atom. The van der Waals surface area contributed by atoms with E-state index in [2.05, 4.69) is 5.32 Å². The molecule has 0 aliphatic rings. The lowest BCUT2D eigenvalue weighted by Crippen LogP contribution is -2.52. The molecule has 3 aromatic carbocycles. The van der Waals surface area contributed by atoms with Gasteiger partial charge >= 0.3 is 0 Å². The third-order valence-electron chi connectivity index (χ3n) is 6.70. The Labute approximate surface area is 236 Å². The number of aryl methyl sites for hydroxylation is 2. The minimum absolute atomic E-state index is 0.0414. The van der Waals surface area contributed by atoms with Crippen molar-refractivity contribution in [2.24, 2.45) is 0 Å². The molecule has 0 spiro atoms. The molecule has 0 bridgehead atoms. The van der Waals surface area contributed by atoms with Gasteiger partial charge in [0.2, 0.25) is 11.8 Å². The van der Waals surface area contributed by atoms with Gasteiger partial charge in [-0.1, -0.05) is 72.6 Å². The number of carbonyl (C=O) groups is 2. The fourth-order valence-corrected chi connectivity index (χ4v) is 5.87. The van der Waals surface area contributed by atoms with E-state index in [1.165, 1.54) is 17.0 Å². The maximum absolute atomic E-state index is 14.0. The number of sulfonamides is 1. The number of nitrogens with one attached hydrogen (secondary N) is 1. The Morgan fingerprint density at radius 2 is 1.59 bits per heavy atom. The van der Waals surface area contributed by atoms with Gasteiger partial charge in [-0.15, -0.1) is 0 Å². The molecule has 0 aliphatic carbocycles. The standard InChI is InChI=1S/C30H36ClN3O4S/c1-6-23(4)32-30(36)24(5)33(19-25-12-10-11-15-27(25)31)29(35)20-34(28-17-16-21(2)18-22(28)3)39(37,38)26-13-8-7-9-14-26/h7-18,23-24H,6,19-20H2,1-5H3,(H,32,36)/t23-,24-/m0/s1. The van der Waals surface area contributed by atoms with E-state index in [-0.39, 0.29) is 23.4 Å². The van der Waals surface area contributed by atoms with Gasteiger partial charge in [-0.05, 0) is 69.5 Å². The highest BCUT2D eigenvalue weighted by atomic mass is 35.5. The van der Waals surface area contributed by atoms with Crippen LogP contribution in [0, 0.1) is 13.8 Å². The number of hydrogen-bond acceptors (Lipinski definition) is 4. The van der Waals surface area contributed by atoms with Crippen molar-refractivity contribution in [1.29, 1.82) is 0 Å². The van der Waals surface area contributed by atoms with Crippen LogP contribution in [0.4, 0.5) is 5.69 Å². The molecule has 0 saturated carbocycles. The lowest BCUT2D eigenvalue weighted by Gasteiger charge is -2.33. The molecule has 0 radical (unpaired) electrons. The van der Waals surface area contributed by atoms with E-state index in [9.17, 15) is 18.0 Å². The molecule has 208 valence electrons. The highest BCUT2D eigenvalue weighted by Gasteiger charge is 2.33. The van der Waals surface area contributed by atoms with Crippen molar-refractivity contribution in [2.75, 3.05) is 10.8 Å². The number of carbonyl (C=O) groups excluding carboxylic acids is 2. The van der Waals surface area contributed by atoms with Crippen LogP contribution in [0.1, 0.15) is 43.9 Å². The molecule has 0 unspecified atom stereocenters. The summed E-state index contributed by atoms with van der Waals surface area (Å²) in [5, 5.41) is 3.38. The number of rotatable bonds is 11. The monoisotopic (exact) mass is 569 g/mol. The van der Waals surface area contributed by atoms with E-state index in [1.54, 1.807) is 55.5 Å². The van der Waals surface area contributed by atoms with E-state index in [0.717, 1.165) is 16.3 Å². The summed E-state index contributed by atoms with van der Waals surface area (Å²) in [7, 11) is -4.11. The number of anilines is 1. The largest absolute Gasteiger partial charge is 0.352 e. The first kappa shape index (κ1) is 30.2. The van der Waals surface area contributed by atoms with Crippen LogP contribution in [0.2, 0.25) is 5.02 Å². The normalized spacial score (nSPS) is 12.9. The molecule has 0 saturated heterocycles. The average molecular weight is 570 g/mol. The van der Waals surface area contributed by atoms with Gasteiger partial charge in [0.25, 0.3) is 10.0 Å². The fraction of sp³-hybridized carbons (Fsp3) is 0.333. The highest BCUT2D eigenvalue weighted by Crippen LogP contribution is 2.28. The molecule has 0 aliphatic heterocycles. The molecule has 39 heavy (non-hydrogen) atoms. The number of benzene rings is 3. The summed E-state index contributed by atoms with van der Waals surface area (Å²) in [6, 6.07) is 19.5. The Kier molecular flexibility index (Phi) is 10.2. The summed E-state index contributed by atoms with van der Waals surface area (Å²) < 4.78 is 28.9. The fourth-order valence-electron chi connectivity index (χ4n) is 4.18. The van der Waals surface area contributed by atoms with Gasteiger partial charge in [0, 0.05) is 17.6 Å². The zero-order valence-electron chi connectivity index (χ0n) is 23.0. The van der Waals surface area contributed by atoms with Crippen molar-refractivity contribution in [3.05, 3.63) is 94.5 Å². The number of amides is 2. The van der Waals surface area contributed by atoms with Gasteiger partial charge in [-0.2, -0.15) is 0 Å². The van der Waals surface area contributed by atoms with Crippen molar-refractivity contribution in [3.8, 4) is 0 Å². The van der Waals surface area contributed by atoms with Crippen molar-refractivity contribution < 1.29 is 18.0 Å². The van der Waals surface area contributed by atoms with Crippen molar-refractivity contribution in [3.63, 3.8) is 0 Å². The minimum Gasteiger partial charge on any atom is -0.352 e. The lowest BCUT2D eigenvalue weighted by atomic mass is 10.1. The predicted molar refractivity (Wildman–Crippen MR) is 156 cm³/mol. The molecule has 0 heterocycles. The van der Waals surface area contributed by atoms with Gasteiger partial charge in [0.05, 0.1) is 10.6 Å². The van der Waals surface area contributed by atoms with E-state index >= 15 is 0 Å². The van der Waals surface area contributed by atoms with Crippen LogP contribution in [-0.2, 0) is 26.2 Å². The third kappa shape index (κ3) is 7.40. The van der Waals surface area contributed by atoms with Gasteiger partial charge in [-0.25, -0.2) is 8.42 Å². The second-order valence-corrected chi connectivity index (χ2v) is 12.0. The first-order chi connectivity index (χ1) is 18.4. The van der Waals surface area contributed by atoms with E-state index in [4.69, 9.17) is 11.6 Å². The molecule has 9 heteroatoms. The average Bonchev–Trinajstić information content (AvgIpc) is 2.91. The first-order valence-corrected chi connectivity index (χ1v) is 14.8. The van der Waals surface area contributed by atoms with Crippen LogP contribution in [0.25, 0.3) is 0 Å². The van der Waals surface area contributed by atoms with Crippen molar-refractivity contribution in [1.82, 2.24) is 10.2 Å². The van der Waals surface area contributed by atoms with E-state index in [1.807, 2.05) is 39.8 Å². The Hall–Kier alpha value is -3.36. The summed E-state index contributed by atoms with van der Waals surface area (Å²) in [6.45, 7) is 8.76. The predicted octanol–water partition coefficient (Wildman–Crippen LogP) is 5.48. The van der Waals surface area contributed by atoms with Crippen molar-refractivity contribution >= 4 is 39.1 Å². The molecule has 3 aromatic rings. The second-order valence-electron chi connectivity index (χ2n) is 9.72.